The molecular weight excluding hydrogens is 257 g/mol. The Kier molecular flexibility index (Phi) is 4.03. The third kappa shape index (κ3) is 2.96. The van der Waals surface area contributed by atoms with Crippen molar-refractivity contribution in [3.63, 3.8) is 0 Å². The van der Waals surface area contributed by atoms with Crippen LogP contribution < -0.4 is 10.1 Å². The summed E-state index contributed by atoms with van der Waals surface area (Å²) in [6.45, 7) is 3.68. The Balaban J connectivity index is 2.24. The van der Waals surface area contributed by atoms with Crippen molar-refractivity contribution >= 4 is 11.6 Å². The maximum Gasteiger partial charge on any atom is 0.255 e. The summed E-state index contributed by atoms with van der Waals surface area (Å²) in [4.78, 5) is 12.1. The Morgan fingerprint density at radius 1 is 1.15 bits per heavy atom. The van der Waals surface area contributed by atoms with E-state index in [1.54, 1.807) is 44.4 Å². The van der Waals surface area contributed by atoms with Crippen LogP contribution in [-0.2, 0) is 0 Å². The van der Waals surface area contributed by atoms with Gasteiger partial charge in [-0.15, -0.1) is 0 Å². The number of hydrogen-bond donors (Lipinski definition) is 1. The molecule has 0 atom stereocenters. The van der Waals surface area contributed by atoms with Crippen molar-refractivity contribution in [1.29, 1.82) is 0 Å². The Bertz CT molecular complexity index is 653. The molecule has 1 amide bonds. The molecule has 2 aromatic carbocycles. The number of nitrogens with one attached hydrogen (secondary N) is 1. The first-order chi connectivity index (χ1) is 9.51. The molecule has 2 aromatic rings. The second-order valence-electron chi connectivity index (χ2n) is 4.62. The molecule has 20 heavy (non-hydrogen) atoms. The fraction of sp³-hybridized carbons (Fsp3) is 0.188. The first-order valence-electron chi connectivity index (χ1n) is 6.23. The first kappa shape index (κ1) is 14.1. The lowest BCUT2D eigenvalue weighted by Crippen LogP contribution is -2.13. The number of benzene rings is 2. The Hall–Kier alpha value is -2.36. The van der Waals surface area contributed by atoms with Gasteiger partial charge in [0.1, 0.15) is 11.6 Å². The van der Waals surface area contributed by atoms with Crippen LogP contribution in [0, 0.1) is 19.7 Å². The molecule has 104 valence electrons. The maximum absolute atomic E-state index is 13.7. The topological polar surface area (TPSA) is 38.3 Å². The van der Waals surface area contributed by atoms with Gasteiger partial charge in [0, 0.05) is 5.56 Å². The molecule has 4 heteroatoms. The zero-order valence-electron chi connectivity index (χ0n) is 11.7. The number of carbonyl (C=O) groups is 1. The molecule has 0 radical (unpaired) electrons. The van der Waals surface area contributed by atoms with Crippen molar-refractivity contribution in [1.82, 2.24) is 0 Å². The monoisotopic (exact) mass is 273 g/mol. The van der Waals surface area contributed by atoms with Crippen LogP contribution in [0.25, 0.3) is 0 Å². The van der Waals surface area contributed by atoms with Crippen molar-refractivity contribution in [2.45, 2.75) is 13.8 Å². The van der Waals surface area contributed by atoms with Gasteiger partial charge in [-0.3, -0.25) is 4.79 Å². The molecule has 0 aliphatic rings. The molecule has 0 bridgehead atoms. The Labute approximate surface area is 117 Å². The summed E-state index contributed by atoms with van der Waals surface area (Å²) in [6, 6.07) is 9.78. The quantitative estimate of drug-likeness (QED) is 0.926. The van der Waals surface area contributed by atoms with E-state index < -0.39 is 5.82 Å². The number of aryl methyl sites for hydroxylation is 2. The lowest BCUT2D eigenvalue weighted by molar-refractivity contribution is 0.102. The number of carbonyl (C=O) groups excluding carboxylic acids is 1. The molecule has 3 nitrogen and oxygen atoms in total. The number of methoxy groups -OCH3 is 1. The van der Waals surface area contributed by atoms with Crippen LogP contribution in [0.2, 0.25) is 0 Å². The summed E-state index contributed by atoms with van der Waals surface area (Å²) in [6.07, 6.45) is 0. The van der Waals surface area contributed by atoms with E-state index in [1.165, 1.54) is 6.07 Å². The minimum atomic E-state index is -0.447. The highest BCUT2D eigenvalue weighted by Gasteiger charge is 2.11. The predicted molar refractivity (Wildman–Crippen MR) is 76.8 cm³/mol. The van der Waals surface area contributed by atoms with Crippen molar-refractivity contribution in [2.75, 3.05) is 12.4 Å². The SMILES string of the molecule is COc1cc(C(=O)Nc2ccc(C)cc2F)ccc1C. The average Bonchev–Trinajstić information content (AvgIpc) is 2.42. The van der Waals surface area contributed by atoms with Gasteiger partial charge in [-0.1, -0.05) is 12.1 Å². The molecule has 0 aliphatic carbocycles. The number of anilines is 1. The van der Waals surface area contributed by atoms with E-state index in [9.17, 15) is 9.18 Å². The van der Waals surface area contributed by atoms with E-state index in [0.717, 1.165) is 11.1 Å². The third-order valence-electron chi connectivity index (χ3n) is 3.04. The van der Waals surface area contributed by atoms with Crippen molar-refractivity contribution in [3.05, 3.63) is 58.9 Å². The third-order valence-corrected chi connectivity index (χ3v) is 3.04. The molecule has 0 aliphatic heterocycles. The largest absolute Gasteiger partial charge is 0.496 e. The summed E-state index contributed by atoms with van der Waals surface area (Å²) in [5.41, 5.74) is 2.33. The summed E-state index contributed by atoms with van der Waals surface area (Å²) in [5.74, 6) is -0.189. The molecular formula is C16H16FNO2. The molecule has 0 heterocycles. The average molecular weight is 273 g/mol. The number of rotatable bonds is 3. The first-order valence-corrected chi connectivity index (χ1v) is 6.23. The van der Waals surface area contributed by atoms with Crippen LogP contribution in [-0.4, -0.2) is 13.0 Å². The smallest absolute Gasteiger partial charge is 0.255 e. The fourth-order valence-electron chi connectivity index (χ4n) is 1.88. The van der Waals surface area contributed by atoms with Gasteiger partial charge >= 0.3 is 0 Å². The molecule has 0 fully saturated rings. The van der Waals surface area contributed by atoms with E-state index in [1.807, 2.05) is 6.92 Å². The van der Waals surface area contributed by atoms with Gasteiger partial charge in [-0.05, 0) is 49.2 Å². The van der Waals surface area contributed by atoms with E-state index in [0.29, 0.717) is 11.3 Å². The molecule has 0 spiro atoms. The maximum atomic E-state index is 13.7. The summed E-state index contributed by atoms with van der Waals surface area (Å²) in [7, 11) is 1.55. The minimum Gasteiger partial charge on any atom is -0.496 e. The normalized spacial score (nSPS) is 10.2. The molecule has 1 N–H and O–H groups in total. The van der Waals surface area contributed by atoms with Gasteiger partial charge < -0.3 is 10.1 Å². The molecule has 0 unspecified atom stereocenters. The number of amides is 1. The number of halogens is 1. The number of hydrogen-bond acceptors (Lipinski definition) is 2. The highest BCUT2D eigenvalue weighted by Crippen LogP contribution is 2.21. The van der Waals surface area contributed by atoms with E-state index in [4.69, 9.17) is 4.74 Å². The van der Waals surface area contributed by atoms with Crippen LogP contribution in [0.3, 0.4) is 0 Å². The van der Waals surface area contributed by atoms with Gasteiger partial charge in [0.25, 0.3) is 5.91 Å². The molecule has 0 aromatic heterocycles. The van der Waals surface area contributed by atoms with E-state index in [2.05, 4.69) is 5.32 Å². The molecule has 0 saturated carbocycles. The van der Waals surface area contributed by atoms with E-state index in [-0.39, 0.29) is 11.6 Å². The molecule has 0 saturated heterocycles. The summed E-state index contributed by atoms with van der Waals surface area (Å²) in [5, 5.41) is 2.55. The zero-order chi connectivity index (χ0) is 14.7. The highest BCUT2D eigenvalue weighted by atomic mass is 19.1. The van der Waals surface area contributed by atoms with E-state index >= 15 is 0 Å². The minimum absolute atomic E-state index is 0.167. The Morgan fingerprint density at radius 2 is 1.90 bits per heavy atom. The standard InChI is InChI=1S/C16H16FNO2/c1-10-4-7-14(13(17)8-10)18-16(19)12-6-5-11(2)15(9-12)20-3/h4-9H,1-3H3,(H,18,19). The van der Waals surface area contributed by atoms with Crippen LogP contribution in [0.5, 0.6) is 5.75 Å². The van der Waals surface area contributed by atoms with Crippen LogP contribution in [0.1, 0.15) is 21.5 Å². The second-order valence-corrected chi connectivity index (χ2v) is 4.62. The highest BCUT2D eigenvalue weighted by molar-refractivity contribution is 6.04. The van der Waals surface area contributed by atoms with Gasteiger partial charge in [-0.2, -0.15) is 0 Å². The lowest BCUT2D eigenvalue weighted by atomic mass is 10.1. The fourth-order valence-corrected chi connectivity index (χ4v) is 1.88. The van der Waals surface area contributed by atoms with Crippen molar-refractivity contribution in [2.24, 2.45) is 0 Å². The van der Waals surface area contributed by atoms with Crippen LogP contribution in [0.15, 0.2) is 36.4 Å². The predicted octanol–water partition coefficient (Wildman–Crippen LogP) is 3.70. The van der Waals surface area contributed by atoms with Gasteiger partial charge in [0.05, 0.1) is 12.8 Å². The van der Waals surface area contributed by atoms with Crippen molar-refractivity contribution < 1.29 is 13.9 Å². The van der Waals surface area contributed by atoms with Crippen molar-refractivity contribution in [3.8, 4) is 5.75 Å². The van der Waals surface area contributed by atoms with Crippen LogP contribution in [0.4, 0.5) is 10.1 Å². The van der Waals surface area contributed by atoms with Gasteiger partial charge in [0.2, 0.25) is 0 Å². The summed E-state index contributed by atoms with van der Waals surface area (Å²) >= 11 is 0. The van der Waals surface area contributed by atoms with Gasteiger partial charge in [-0.25, -0.2) is 4.39 Å². The van der Waals surface area contributed by atoms with Crippen LogP contribution >= 0.6 is 0 Å². The second kappa shape index (κ2) is 5.74. The van der Waals surface area contributed by atoms with Gasteiger partial charge in [0.15, 0.2) is 0 Å². The Morgan fingerprint density at radius 3 is 2.55 bits per heavy atom. The summed E-state index contributed by atoms with van der Waals surface area (Å²) < 4.78 is 18.9. The zero-order valence-corrected chi connectivity index (χ0v) is 11.7. The number of ether oxygens (including phenoxy) is 1. The lowest BCUT2D eigenvalue weighted by Gasteiger charge is -2.09. The molecule has 2 rings (SSSR count).